The van der Waals surface area contributed by atoms with E-state index in [1.165, 1.54) is 0 Å². The lowest BCUT2D eigenvalue weighted by Gasteiger charge is -2.09. The third-order valence-corrected chi connectivity index (χ3v) is 3.16. The quantitative estimate of drug-likeness (QED) is 0.547. The molecular formula is C18H21N3O3. The molecule has 0 aliphatic heterocycles. The van der Waals surface area contributed by atoms with E-state index in [0.717, 1.165) is 17.2 Å². The summed E-state index contributed by atoms with van der Waals surface area (Å²) in [5, 5.41) is 5.86. The second-order valence-corrected chi connectivity index (χ2v) is 4.88. The molecule has 24 heavy (non-hydrogen) atoms. The van der Waals surface area contributed by atoms with Gasteiger partial charge in [-0.1, -0.05) is 6.08 Å². The standard InChI is InChI=1S/C18H21N3O3/c1-3-10-20-18(22)17-9-4-14(13-21-17)19-11-12-24-16-7-5-15(23-2)6-8-16/h3-9,13,19H,1,10-12H2,2H3,(H,20,22). The molecule has 6 nitrogen and oxygen atoms in total. The number of benzene rings is 1. The highest BCUT2D eigenvalue weighted by atomic mass is 16.5. The van der Waals surface area contributed by atoms with E-state index in [1.807, 2.05) is 30.3 Å². The molecule has 0 saturated carbocycles. The van der Waals surface area contributed by atoms with Crippen molar-refractivity contribution in [3.8, 4) is 11.5 Å². The Balaban J connectivity index is 1.73. The SMILES string of the molecule is C=CCNC(=O)c1ccc(NCCOc2ccc(OC)cc2)cn1. The maximum Gasteiger partial charge on any atom is 0.270 e. The minimum Gasteiger partial charge on any atom is -0.497 e. The predicted octanol–water partition coefficient (Wildman–Crippen LogP) is 2.50. The van der Waals surface area contributed by atoms with Gasteiger partial charge in [-0.15, -0.1) is 6.58 Å². The van der Waals surface area contributed by atoms with Crippen molar-refractivity contribution < 1.29 is 14.3 Å². The van der Waals surface area contributed by atoms with Gasteiger partial charge in [-0.2, -0.15) is 0 Å². The van der Waals surface area contributed by atoms with Crippen LogP contribution in [0.25, 0.3) is 0 Å². The summed E-state index contributed by atoms with van der Waals surface area (Å²) in [5.41, 5.74) is 1.20. The van der Waals surface area contributed by atoms with E-state index in [-0.39, 0.29) is 5.91 Å². The normalized spacial score (nSPS) is 9.88. The topological polar surface area (TPSA) is 72.5 Å². The monoisotopic (exact) mass is 327 g/mol. The summed E-state index contributed by atoms with van der Waals surface area (Å²) in [5.74, 6) is 1.36. The van der Waals surface area contributed by atoms with E-state index in [2.05, 4.69) is 22.2 Å². The summed E-state index contributed by atoms with van der Waals surface area (Å²) in [6.07, 6.45) is 3.24. The second kappa shape index (κ2) is 9.19. The Kier molecular flexibility index (Phi) is 6.64. The molecule has 0 saturated heterocycles. The summed E-state index contributed by atoms with van der Waals surface area (Å²) in [6.45, 7) is 5.10. The van der Waals surface area contributed by atoms with Gasteiger partial charge in [0.1, 0.15) is 23.8 Å². The van der Waals surface area contributed by atoms with Crippen molar-refractivity contribution in [3.05, 3.63) is 60.9 Å². The highest BCUT2D eigenvalue weighted by Crippen LogP contribution is 2.16. The summed E-state index contributed by atoms with van der Waals surface area (Å²) >= 11 is 0. The van der Waals surface area contributed by atoms with Crippen LogP contribution in [0.15, 0.2) is 55.3 Å². The number of pyridine rings is 1. The Bertz CT molecular complexity index is 654. The number of hydrogen-bond acceptors (Lipinski definition) is 5. The molecule has 1 amide bonds. The van der Waals surface area contributed by atoms with Crippen LogP contribution in [-0.4, -0.2) is 37.7 Å². The number of ether oxygens (including phenoxy) is 2. The molecule has 1 aromatic heterocycles. The highest BCUT2D eigenvalue weighted by Gasteiger charge is 2.05. The molecule has 0 atom stereocenters. The van der Waals surface area contributed by atoms with Crippen LogP contribution in [0.3, 0.4) is 0 Å². The van der Waals surface area contributed by atoms with Crippen molar-refractivity contribution in [1.82, 2.24) is 10.3 Å². The number of methoxy groups -OCH3 is 1. The number of nitrogens with one attached hydrogen (secondary N) is 2. The minimum absolute atomic E-state index is 0.218. The smallest absolute Gasteiger partial charge is 0.270 e. The predicted molar refractivity (Wildman–Crippen MR) is 93.7 cm³/mol. The highest BCUT2D eigenvalue weighted by molar-refractivity contribution is 5.92. The lowest BCUT2D eigenvalue weighted by molar-refractivity contribution is 0.0953. The first-order chi connectivity index (χ1) is 11.7. The number of aromatic nitrogens is 1. The largest absolute Gasteiger partial charge is 0.497 e. The molecule has 0 aliphatic rings. The molecule has 0 spiro atoms. The summed E-state index contributed by atoms with van der Waals surface area (Å²) < 4.78 is 10.7. The van der Waals surface area contributed by atoms with Gasteiger partial charge in [0.25, 0.3) is 5.91 Å². The first-order valence-electron chi connectivity index (χ1n) is 7.59. The minimum atomic E-state index is -0.218. The average molecular weight is 327 g/mol. The van der Waals surface area contributed by atoms with Crippen LogP contribution >= 0.6 is 0 Å². The van der Waals surface area contributed by atoms with Crippen LogP contribution in [0.2, 0.25) is 0 Å². The lowest BCUT2D eigenvalue weighted by atomic mass is 10.3. The van der Waals surface area contributed by atoms with Crippen LogP contribution in [0.1, 0.15) is 10.5 Å². The van der Waals surface area contributed by atoms with Gasteiger partial charge in [0, 0.05) is 13.1 Å². The zero-order valence-electron chi connectivity index (χ0n) is 13.6. The molecule has 126 valence electrons. The molecule has 0 radical (unpaired) electrons. The Morgan fingerprint density at radius 1 is 1.21 bits per heavy atom. The van der Waals surface area contributed by atoms with E-state index < -0.39 is 0 Å². The summed E-state index contributed by atoms with van der Waals surface area (Å²) in [4.78, 5) is 15.8. The molecule has 2 aromatic rings. The number of nitrogens with zero attached hydrogens (tertiary/aromatic N) is 1. The Morgan fingerprint density at radius 3 is 2.58 bits per heavy atom. The fourth-order valence-electron chi connectivity index (χ4n) is 1.92. The molecule has 0 unspecified atom stereocenters. The fraction of sp³-hybridized carbons (Fsp3) is 0.222. The molecule has 0 fully saturated rings. The van der Waals surface area contributed by atoms with Gasteiger partial charge in [0.05, 0.1) is 19.0 Å². The Labute approximate surface area is 141 Å². The van der Waals surface area contributed by atoms with Gasteiger partial charge in [-0.25, -0.2) is 4.98 Å². The number of anilines is 1. The van der Waals surface area contributed by atoms with Gasteiger partial charge in [-0.3, -0.25) is 4.79 Å². The number of amides is 1. The van der Waals surface area contributed by atoms with Crippen LogP contribution in [0.4, 0.5) is 5.69 Å². The maximum atomic E-state index is 11.7. The number of carbonyl (C=O) groups is 1. The van der Waals surface area contributed by atoms with Crippen LogP contribution < -0.4 is 20.1 Å². The van der Waals surface area contributed by atoms with E-state index in [1.54, 1.807) is 25.4 Å². The fourth-order valence-corrected chi connectivity index (χ4v) is 1.92. The van der Waals surface area contributed by atoms with Crippen LogP contribution in [0.5, 0.6) is 11.5 Å². The van der Waals surface area contributed by atoms with Crippen molar-refractivity contribution in [2.75, 3.05) is 32.1 Å². The number of carbonyl (C=O) groups excluding carboxylic acids is 1. The maximum absolute atomic E-state index is 11.7. The van der Waals surface area contributed by atoms with Crippen molar-refractivity contribution >= 4 is 11.6 Å². The third-order valence-electron chi connectivity index (χ3n) is 3.16. The van der Waals surface area contributed by atoms with E-state index in [4.69, 9.17) is 9.47 Å². The second-order valence-electron chi connectivity index (χ2n) is 4.88. The van der Waals surface area contributed by atoms with Crippen molar-refractivity contribution in [3.63, 3.8) is 0 Å². The molecule has 0 bridgehead atoms. The lowest BCUT2D eigenvalue weighted by Crippen LogP contribution is -2.24. The van der Waals surface area contributed by atoms with Crippen molar-refractivity contribution in [2.45, 2.75) is 0 Å². The van der Waals surface area contributed by atoms with Crippen LogP contribution in [0, 0.1) is 0 Å². The summed E-state index contributed by atoms with van der Waals surface area (Å²) in [6, 6.07) is 10.9. The number of hydrogen-bond donors (Lipinski definition) is 2. The Morgan fingerprint density at radius 2 is 1.96 bits per heavy atom. The first-order valence-corrected chi connectivity index (χ1v) is 7.59. The van der Waals surface area contributed by atoms with E-state index in [0.29, 0.717) is 25.4 Å². The van der Waals surface area contributed by atoms with Gasteiger partial charge in [0.2, 0.25) is 0 Å². The molecule has 6 heteroatoms. The van der Waals surface area contributed by atoms with Gasteiger partial charge < -0.3 is 20.1 Å². The summed E-state index contributed by atoms with van der Waals surface area (Å²) in [7, 11) is 1.63. The number of rotatable bonds is 9. The van der Waals surface area contributed by atoms with Crippen molar-refractivity contribution in [1.29, 1.82) is 0 Å². The Hall–Kier alpha value is -3.02. The van der Waals surface area contributed by atoms with Crippen molar-refractivity contribution in [2.24, 2.45) is 0 Å². The van der Waals surface area contributed by atoms with Gasteiger partial charge in [0.15, 0.2) is 0 Å². The van der Waals surface area contributed by atoms with Crippen LogP contribution in [-0.2, 0) is 0 Å². The molecule has 1 heterocycles. The van der Waals surface area contributed by atoms with Gasteiger partial charge in [-0.05, 0) is 36.4 Å². The third kappa shape index (κ3) is 5.31. The van der Waals surface area contributed by atoms with Gasteiger partial charge >= 0.3 is 0 Å². The molecule has 1 aromatic carbocycles. The zero-order valence-corrected chi connectivity index (χ0v) is 13.6. The molecular weight excluding hydrogens is 306 g/mol. The van der Waals surface area contributed by atoms with E-state index >= 15 is 0 Å². The molecule has 2 N–H and O–H groups in total. The first kappa shape index (κ1) is 17.3. The molecule has 0 aliphatic carbocycles. The average Bonchev–Trinajstić information content (AvgIpc) is 2.64. The van der Waals surface area contributed by atoms with E-state index in [9.17, 15) is 4.79 Å². The zero-order chi connectivity index (χ0) is 17.2. The molecule has 2 rings (SSSR count).